The molecule has 1 aliphatic rings. The smallest absolute Gasteiger partial charge is 0.411 e. The molecule has 2 amide bonds. The highest BCUT2D eigenvalue weighted by Gasteiger charge is 2.37. The van der Waals surface area contributed by atoms with Crippen molar-refractivity contribution >= 4 is 12.0 Å². The third-order valence-corrected chi connectivity index (χ3v) is 3.75. The minimum Gasteiger partial charge on any atom is -0.444 e. The maximum Gasteiger partial charge on any atom is 0.411 e. The van der Waals surface area contributed by atoms with E-state index >= 15 is 0 Å². The number of rotatable bonds is 2. The molecule has 1 aliphatic heterocycles. The summed E-state index contributed by atoms with van der Waals surface area (Å²) >= 11 is 0. The maximum absolute atomic E-state index is 12.5. The van der Waals surface area contributed by atoms with Gasteiger partial charge in [-0.25, -0.2) is 4.79 Å². The Morgan fingerprint density at radius 3 is 2.57 bits per heavy atom. The fourth-order valence-corrected chi connectivity index (χ4v) is 2.78. The molecule has 2 rings (SSSR count). The van der Waals surface area contributed by atoms with Gasteiger partial charge in [0.05, 0.1) is 0 Å². The second-order valence-electron chi connectivity index (χ2n) is 7.15. The number of benzene rings is 1. The summed E-state index contributed by atoms with van der Waals surface area (Å²) < 4.78 is 5.48. The molecule has 1 atom stereocenters. The predicted octanol–water partition coefficient (Wildman–Crippen LogP) is 3.22. The van der Waals surface area contributed by atoms with Crippen molar-refractivity contribution in [3.05, 3.63) is 35.4 Å². The fourth-order valence-electron chi connectivity index (χ4n) is 2.78. The topological polar surface area (TPSA) is 58.6 Å². The Kier molecular flexibility index (Phi) is 4.97. The van der Waals surface area contributed by atoms with Gasteiger partial charge in [0, 0.05) is 13.1 Å². The first kappa shape index (κ1) is 17.3. The Bertz CT molecular complexity index is 590. The molecule has 0 bridgehead atoms. The van der Waals surface area contributed by atoms with Crippen LogP contribution in [0, 0.1) is 0 Å². The third kappa shape index (κ3) is 4.03. The number of carbonyl (C=O) groups excluding carboxylic acids is 2. The third-order valence-electron chi connectivity index (χ3n) is 3.75. The van der Waals surface area contributed by atoms with E-state index in [1.54, 1.807) is 0 Å². The summed E-state index contributed by atoms with van der Waals surface area (Å²) in [6.07, 6.45) is -0.448. The van der Waals surface area contributed by atoms with Gasteiger partial charge >= 0.3 is 6.09 Å². The van der Waals surface area contributed by atoms with Crippen molar-refractivity contribution in [2.24, 2.45) is 0 Å². The number of nitrogens with one attached hydrogen (secondary N) is 1. The van der Waals surface area contributed by atoms with Crippen LogP contribution in [0.2, 0.25) is 0 Å². The van der Waals surface area contributed by atoms with Crippen molar-refractivity contribution in [1.82, 2.24) is 10.2 Å². The summed E-state index contributed by atoms with van der Waals surface area (Å²) in [6, 6.07) is 7.14. The number of piperazine rings is 1. The molecular weight excluding hydrogens is 292 g/mol. The lowest BCUT2D eigenvalue weighted by atomic mass is 9.91. The fraction of sp³-hybridized carbons (Fsp3) is 0.556. The zero-order valence-electron chi connectivity index (χ0n) is 14.6. The molecule has 1 saturated heterocycles. The molecule has 1 N–H and O–H groups in total. The van der Waals surface area contributed by atoms with Gasteiger partial charge in [-0.1, -0.05) is 38.1 Å². The zero-order chi connectivity index (χ0) is 17.2. The average Bonchev–Trinajstić information content (AvgIpc) is 2.45. The van der Waals surface area contributed by atoms with Crippen LogP contribution < -0.4 is 5.32 Å². The second-order valence-corrected chi connectivity index (χ2v) is 7.15. The molecule has 1 aromatic carbocycles. The van der Waals surface area contributed by atoms with Crippen molar-refractivity contribution in [3.63, 3.8) is 0 Å². The van der Waals surface area contributed by atoms with Crippen molar-refractivity contribution in [3.8, 4) is 0 Å². The summed E-state index contributed by atoms with van der Waals surface area (Å²) in [7, 11) is 0. The van der Waals surface area contributed by atoms with Gasteiger partial charge in [-0.15, -0.1) is 0 Å². The van der Waals surface area contributed by atoms with Crippen LogP contribution in [0.3, 0.4) is 0 Å². The molecule has 23 heavy (non-hydrogen) atoms. The molecule has 1 fully saturated rings. The quantitative estimate of drug-likeness (QED) is 0.911. The highest BCUT2D eigenvalue weighted by molar-refractivity contribution is 5.88. The van der Waals surface area contributed by atoms with E-state index in [9.17, 15) is 9.59 Å². The van der Waals surface area contributed by atoms with Crippen molar-refractivity contribution < 1.29 is 14.3 Å². The van der Waals surface area contributed by atoms with E-state index in [1.807, 2.05) is 45.0 Å². The number of nitrogens with zero attached hydrogens (tertiary/aromatic N) is 1. The second kappa shape index (κ2) is 6.60. The van der Waals surface area contributed by atoms with Crippen molar-refractivity contribution in [1.29, 1.82) is 0 Å². The first-order valence-corrected chi connectivity index (χ1v) is 8.07. The summed E-state index contributed by atoms with van der Waals surface area (Å²) in [5, 5.41) is 2.86. The summed E-state index contributed by atoms with van der Waals surface area (Å²) in [5.41, 5.74) is 1.35. The van der Waals surface area contributed by atoms with E-state index in [0.29, 0.717) is 13.1 Å². The summed E-state index contributed by atoms with van der Waals surface area (Å²) in [5.74, 6) is 0.108. The molecule has 1 aromatic rings. The van der Waals surface area contributed by atoms with Gasteiger partial charge in [-0.3, -0.25) is 9.69 Å². The summed E-state index contributed by atoms with van der Waals surface area (Å²) in [4.78, 5) is 26.6. The van der Waals surface area contributed by atoms with Crippen LogP contribution in [0.4, 0.5) is 4.79 Å². The molecule has 1 heterocycles. The summed E-state index contributed by atoms with van der Waals surface area (Å²) in [6.45, 7) is 10.5. The van der Waals surface area contributed by atoms with Gasteiger partial charge < -0.3 is 10.1 Å². The zero-order valence-corrected chi connectivity index (χ0v) is 14.6. The van der Waals surface area contributed by atoms with E-state index in [2.05, 4.69) is 19.2 Å². The number of hydrogen-bond donors (Lipinski definition) is 1. The highest BCUT2D eigenvalue weighted by atomic mass is 16.6. The van der Waals surface area contributed by atoms with Crippen molar-refractivity contribution in [2.75, 3.05) is 13.1 Å². The van der Waals surface area contributed by atoms with Gasteiger partial charge in [-0.05, 0) is 37.8 Å². The van der Waals surface area contributed by atoms with Gasteiger partial charge in [0.1, 0.15) is 11.6 Å². The molecule has 5 heteroatoms. The van der Waals surface area contributed by atoms with E-state index < -0.39 is 17.7 Å². The standard InChI is InChI=1S/C18H26N2O3/c1-12(2)13-8-6-7-9-14(13)15-16(21)19-10-11-20(15)17(22)23-18(3,4)5/h6-9,12,15H,10-11H2,1-5H3,(H,19,21). The number of amides is 2. The van der Waals surface area contributed by atoms with Crippen LogP contribution in [0.15, 0.2) is 24.3 Å². The molecule has 0 saturated carbocycles. The first-order valence-electron chi connectivity index (χ1n) is 8.07. The molecule has 0 radical (unpaired) electrons. The Morgan fingerprint density at radius 1 is 1.30 bits per heavy atom. The first-order chi connectivity index (χ1) is 10.7. The molecule has 5 nitrogen and oxygen atoms in total. The van der Waals surface area contributed by atoms with Crippen LogP contribution in [0.25, 0.3) is 0 Å². The normalized spacial score (nSPS) is 18.8. The number of ether oxygens (including phenoxy) is 1. The van der Waals surface area contributed by atoms with Gasteiger partial charge in [-0.2, -0.15) is 0 Å². The van der Waals surface area contributed by atoms with E-state index in [1.165, 1.54) is 4.90 Å². The lowest BCUT2D eigenvalue weighted by molar-refractivity contribution is -0.129. The Morgan fingerprint density at radius 2 is 1.96 bits per heavy atom. The number of hydrogen-bond acceptors (Lipinski definition) is 3. The van der Waals surface area contributed by atoms with Crippen LogP contribution in [-0.2, 0) is 9.53 Å². The molecule has 0 aliphatic carbocycles. The van der Waals surface area contributed by atoms with Gasteiger partial charge in [0.2, 0.25) is 5.91 Å². The molecule has 0 spiro atoms. The lowest BCUT2D eigenvalue weighted by Crippen LogP contribution is -2.53. The van der Waals surface area contributed by atoms with Gasteiger partial charge in [0.25, 0.3) is 0 Å². The van der Waals surface area contributed by atoms with Crippen LogP contribution >= 0.6 is 0 Å². The molecule has 1 unspecified atom stereocenters. The van der Waals surface area contributed by atoms with E-state index in [-0.39, 0.29) is 11.8 Å². The van der Waals surface area contributed by atoms with Crippen LogP contribution in [-0.4, -0.2) is 35.6 Å². The van der Waals surface area contributed by atoms with E-state index in [0.717, 1.165) is 11.1 Å². The van der Waals surface area contributed by atoms with Gasteiger partial charge in [0.15, 0.2) is 0 Å². The maximum atomic E-state index is 12.5. The van der Waals surface area contributed by atoms with E-state index in [4.69, 9.17) is 4.74 Å². The minimum absolute atomic E-state index is 0.157. The largest absolute Gasteiger partial charge is 0.444 e. The molecular formula is C18H26N2O3. The predicted molar refractivity (Wildman–Crippen MR) is 89.2 cm³/mol. The molecule has 126 valence electrons. The monoisotopic (exact) mass is 318 g/mol. The van der Waals surface area contributed by atoms with Crippen molar-refractivity contribution in [2.45, 2.75) is 52.2 Å². The SMILES string of the molecule is CC(C)c1ccccc1C1C(=O)NCCN1C(=O)OC(C)(C)C. The highest BCUT2D eigenvalue weighted by Crippen LogP contribution is 2.31. The Balaban J connectivity index is 2.39. The lowest BCUT2D eigenvalue weighted by Gasteiger charge is -2.37. The van der Waals surface area contributed by atoms with Crippen LogP contribution in [0.5, 0.6) is 0 Å². The number of carbonyl (C=O) groups is 2. The Labute approximate surface area is 138 Å². The minimum atomic E-state index is -0.641. The average molecular weight is 318 g/mol. The van der Waals surface area contributed by atoms with Crippen LogP contribution in [0.1, 0.15) is 57.7 Å². The molecule has 0 aromatic heterocycles. The Hall–Kier alpha value is -2.04.